The first-order valence-corrected chi connectivity index (χ1v) is 4.58. The Labute approximate surface area is 85.1 Å². The molecule has 0 aliphatic heterocycles. The van der Waals surface area contributed by atoms with Gasteiger partial charge in [-0.3, -0.25) is 4.79 Å². The third-order valence-corrected chi connectivity index (χ3v) is 2.88. The van der Waals surface area contributed by atoms with Gasteiger partial charge in [-0.2, -0.15) is 0 Å². The highest BCUT2D eigenvalue weighted by atomic mass is 35.5. The summed E-state index contributed by atoms with van der Waals surface area (Å²) < 4.78 is 0. The van der Waals surface area contributed by atoms with Crippen molar-refractivity contribution in [3.8, 4) is 0 Å². The molecule has 3 N–H and O–H groups in total. The lowest BCUT2D eigenvalue weighted by Crippen LogP contribution is -2.29. The first-order valence-electron chi connectivity index (χ1n) is 4.58. The zero-order valence-corrected chi connectivity index (χ0v) is 8.72. The maximum absolute atomic E-state index is 10.7. The smallest absolute Gasteiger partial charge is 0.308 e. The van der Waals surface area contributed by atoms with Crippen molar-refractivity contribution in [3.63, 3.8) is 0 Å². The van der Waals surface area contributed by atoms with E-state index in [-0.39, 0.29) is 24.9 Å². The molecule has 0 aromatic rings. The molecule has 78 valence electrons. The number of carboxylic acid groups (broad SMARTS) is 1. The lowest BCUT2D eigenvalue weighted by atomic mass is 9.90. The molecule has 13 heavy (non-hydrogen) atoms. The summed E-state index contributed by atoms with van der Waals surface area (Å²) in [4.78, 5) is 10.7. The van der Waals surface area contributed by atoms with Crippen molar-refractivity contribution in [1.29, 1.82) is 0 Å². The first-order chi connectivity index (χ1) is 5.65. The number of halogens is 1. The van der Waals surface area contributed by atoms with Gasteiger partial charge in [0.1, 0.15) is 0 Å². The second kappa shape index (κ2) is 5.45. The van der Waals surface area contributed by atoms with E-state index >= 15 is 0 Å². The Bertz CT molecular complexity index is 175. The van der Waals surface area contributed by atoms with Gasteiger partial charge in [0.15, 0.2) is 0 Å². The highest BCUT2D eigenvalue weighted by molar-refractivity contribution is 5.85. The van der Waals surface area contributed by atoms with Gasteiger partial charge in [-0.1, -0.05) is 13.3 Å². The van der Waals surface area contributed by atoms with Gasteiger partial charge in [-0.15, -0.1) is 12.4 Å². The van der Waals surface area contributed by atoms with Crippen LogP contribution in [-0.4, -0.2) is 17.6 Å². The molecule has 0 spiro atoms. The van der Waals surface area contributed by atoms with Gasteiger partial charge in [0.25, 0.3) is 0 Å². The van der Waals surface area contributed by atoms with Crippen LogP contribution in [0, 0.1) is 17.8 Å². The molecule has 0 bridgehead atoms. The van der Waals surface area contributed by atoms with Gasteiger partial charge in [-0.05, 0) is 24.7 Å². The molecule has 0 aromatic carbocycles. The molecule has 1 saturated carbocycles. The normalized spacial score (nSPS) is 29.4. The van der Waals surface area contributed by atoms with E-state index in [2.05, 4.69) is 6.92 Å². The molecule has 3 unspecified atom stereocenters. The Kier molecular flexibility index (Phi) is 5.33. The van der Waals surface area contributed by atoms with E-state index in [1.165, 1.54) is 0 Å². The Morgan fingerprint density at radius 2 is 2.23 bits per heavy atom. The van der Waals surface area contributed by atoms with E-state index < -0.39 is 5.97 Å². The molecule has 1 aliphatic carbocycles. The van der Waals surface area contributed by atoms with Crippen molar-refractivity contribution in [2.24, 2.45) is 23.5 Å². The summed E-state index contributed by atoms with van der Waals surface area (Å²) in [6, 6.07) is 0. The van der Waals surface area contributed by atoms with E-state index in [1.54, 1.807) is 0 Å². The van der Waals surface area contributed by atoms with Crippen molar-refractivity contribution in [3.05, 3.63) is 0 Å². The first kappa shape index (κ1) is 12.7. The topological polar surface area (TPSA) is 63.3 Å². The fourth-order valence-corrected chi connectivity index (χ4v) is 2.11. The van der Waals surface area contributed by atoms with Crippen LogP contribution in [0.3, 0.4) is 0 Å². The lowest BCUT2D eigenvalue weighted by Gasteiger charge is -2.16. The number of aliphatic carboxylic acids is 1. The maximum atomic E-state index is 10.7. The summed E-state index contributed by atoms with van der Waals surface area (Å²) in [5.41, 5.74) is 5.42. The van der Waals surface area contributed by atoms with Crippen molar-refractivity contribution < 1.29 is 9.90 Å². The molecule has 1 aliphatic rings. The lowest BCUT2D eigenvalue weighted by molar-refractivity contribution is -0.143. The van der Waals surface area contributed by atoms with Crippen LogP contribution in [0.15, 0.2) is 0 Å². The van der Waals surface area contributed by atoms with Gasteiger partial charge in [0.05, 0.1) is 5.92 Å². The number of carbonyl (C=O) groups is 1. The number of carboxylic acids is 1. The Morgan fingerprint density at radius 1 is 1.62 bits per heavy atom. The molecule has 3 nitrogen and oxygen atoms in total. The van der Waals surface area contributed by atoms with E-state index in [0.29, 0.717) is 11.8 Å². The average molecular weight is 208 g/mol. The summed E-state index contributed by atoms with van der Waals surface area (Å²) in [6.45, 7) is 2.46. The van der Waals surface area contributed by atoms with Gasteiger partial charge in [-0.25, -0.2) is 0 Å². The van der Waals surface area contributed by atoms with Crippen molar-refractivity contribution in [2.45, 2.75) is 26.2 Å². The van der Waals surface area contributed by atoms with Crippen LogP contribution < -0.4 is 5.73 Å². The highest BCUT2D eigenvalue weighted by Crippen LogP contribution is 2.35. The summed E-state index contributed by atoms with van der Waals surface area (Å²) >= 11 is 0. The Hall–Kier alpha value is -0.280. The molecule has 4 heteroatoms. The third kappa shape index (κ3) is 3.16. The number of hydrogen-bond donors (Lipinski definition) is 2. The zero-order valence-electron chi connectivity index (χ0n) is 7.90. The molecule has 0 amide bonds. The maximum Gasteiger partial charge on any atom is 0.308 e. The van der Waals surface area contributed by atoms with Gasteiger partial charge in [0.2, 0.25) is 0 Å². The molecule has 1 rings (SSSR count). The summed E-state index contributed by atoms with van der Waals surface area (Å²) in [7, 11) is 0. The number of nitrogens with two attached hydrogens (primary N) is 1. The quantitative estimate of drug-likeness (QED) is 0.738. The highest BCUT2D eigenvalue weighted by Gasteiger charge is 2.31. The van der Waals surface area contributed by atoms with E-state index in [9.17, 15) is 4.79 Å². The minimum atomic E-state index is -0.725. The molecule has 3 atom stereocenters. The van der Waals surface area contributed by atoms with Crippen LogP contribution in [0.1, 0.15) is 26.2 Å². The number of hydrogen-bond acceptors (Lipinski definition) is 2. The van der Waals surface area contributed by atoms with Crippen molar-refractivity contribution >= 4 is 18.4 Å². The minimum Gasteiger partial charge on any atom is -0.481 e. The second-order valence-corrected chi connectivity index (χ2v) is 3.86. The third-order valence-electron chi connectivity index (χ3n) is 2.88. The molecular weight excluding hydrogens is 190 g/mol. The fraction of sp³-hybridized carbons (Fsp3) is 0.889. The van der Waals surface area contributed by atoms with Gasteiger partial charge in [0, 0.05) is 6.54 Å². The molecule has 0 saturated heterocycles. The Morgan fingerprint density at radius 3 is 2.54 bits per heavy atom. The van der Waals surface area contributed by atoms with E-state index in [4.69, 9.17) is 10.8 Å². The molecule has 1 fully saturated rings. The van der Waals surface area contributed by atoms with Crippen LogP contribution >= 0.6 is 12.4 Å². The average Bonchev–Trinajstić information content (AvgIpc) is 2.37. The molecule has 0 radical (unpaired) electrons. The Balaban J connectivity index is 0.00000144. The largest absolute Gasteiger partial charge is 0.481 e. The predicted molar refractivity (Wildman–Crippen MR) is 53.9 cm³/mol. The minimum absolute atomic E-state index is 0. The monoisotopic (exact) mass is 207 g/mol. The van der Waals surface area contributed by atoms with Crippen LogP contribution in [0.25, 0.3) is 0 Å². The van der Waals surface area contributed by atoms with Gasteiger partial charge < -0.3 is 10.8 Å². The summed E-state index contributed by atoms with van der Waals surface area (Å²) in [5, 5.41) is 8.84. The van der Waals surface area contributed by atoms with E-state index in [0.717, 1.165) is 19.3 Å². The second-order valence-electron chi connectivity index (χ2n) is 3.86. The molecule has 0 aromatic heterocycles. The van der Waals surface area contributed by atoms with Crippen LogP contribution in [-0.2, 0) is 4.79 Å². The SMILES string of the molecule is CC1CCC(C(CN)C(=O)O)C1.Cl. The standard InChI is InChI=1S/C9H17NO2.ClH/c1-6-2-3-7(4-6)8(5-10)9(11)12;/h6-8H,2-5,10H2,1H3,(H,11,12);1H. The van der Waals surface area contributed by atoms with Gasteiger partial charge >= 0.3 is 5.97 Å². The zero-order chi connectivity index (χ0) is 9.14. The summed E-state index contributed by atoms with van der Waals surface area (Å²) in [6.07, 6.45) is 3.23. The number of rotatable bonds is 3. The van der Waals surface area contributed by atoms with Crippen LogP contribution in [0.2, 0.25) is 0 Å². The van der Waals surface area contributed by atoms with Crippen LogP contribution in [0.4, 0.5) is 0 Å². The van der Waals surface area contributed by atoms with Crippen molar-refractivity contribution in [2.75, 3.05) is 6.54 Å². The summed E-state index contributed by atoms with van der Waals surface area (Å²) in [5.74, 6) is -0.0301. The van der Waals surface area contributed by atoms with Crippen molar-refractivity contribution in [1.82, 2.24) is 0 Å². The molecule has 0 heterocycles. The van der Waals surface area contributed by atoms with E-state index in [1.807, 2.05) is 0 Å². The molecular formula is C9H18ClNO2. The predicted octanol–water partition coefficient (Wildman–Crippen LogP) is 1.50. The fourth-order valence-electron chi connectivity index (χ4n) is 2.11. The van der Waals surface area contributed by atoms with Crippen LogP contribution in [0.5, 0.6) is 0 Å².